The Morgan fingerprint density at radius 1 is 1.35 bits per heavy atom. The second-order valence-corrected chi connectivity index (χ2v) is 4.69. The number of amides is 1. The van der Waals surface area contributed by atoms with Crippen molar-refractivity contribution in [1.82, 2.24) is 9.88 Å². The normalized spacial score (nSPS) is 24.8. The quantitative estimate of drug-likeness (QED) is 0.702. The molecule has 0 unspecified atom stereocenters. The lowest BCUT2D eigenvalue weighted by molar-refractivity contribution is 0.0503. The molecule has 0 saturated carbocycles. The third-order valence-corrected chi connectivity index (χ3v) is 3.36. The lowest BCUT2D eigenvalue weighted by atomic mass is 9.97. The van der Waals surface area contributed by atoms with E-state index in [2.05, 4.69) is 4.98 Å². The SMILES string of the molecule is C[C@@H]1CCC[C@H](C)N1C(=O)c1cccc(F)n1. The van der Waals surface area contributed by atoms with Crippen molar-refractivity contribution in [2.24, 2.45) is 0 Å². The number of likely N-dealkylation sites (tertiary alicyclic amines) is 1. The first kappa shape index (κ1) is 12.0. The van der Waals surface area contributed by atoms with Gasteiger partial charge in [-0.1, -0.05) is 6.07 Å². The fraction of sp³-hybridized carbons (Fsp3) is 0.538. The molecular formula is C13H17FN2O. The number of piperidine rings is 1. The van der Waals surface area contributed by atoms with Crippen molar-refractivity contribution >= 4 is 5.91 Å². The number of nitrogens with zero attached hydrogens (tertiary/aromatic N) is 2. The van der Waals surface area contributed by atoms with Gasteiger partial charge in [0.15, 0.2) is 0 Å². The third-order valence-electron chi connectivity index (χ3n) is 3.36. The summed E-state index contributed by atoms with van der Waals surface area (Å²) in [6, 6.07) is 4.75. The summed E-state index contributed by atoms with van der Waals surface area (Å²) >= 11 is 0. The first-order chi connectivity index (χ1) is 8.09. The van der Waals surface area contributed by atoms with Gasteiger partial charge in [-0.3, -0.25) is 4.79 Å². The van der Waals surface area contributed by atoms with Crippen molar-refractivity contribution in [2.75, 3.05) is 0 Å². The Labute approximate surface area is 101 Å². The minimum absolute atomic E-state index is 0.163. The van der Waals surface area contributed by atoms with Gasteiger partial charge in [-0.2, -0.15) is 4.39 Å². The van der Waals surface area contributed by atoms with Crippen molar-refractivity contribution in [1.29, 1.82) is 0 Å². The van der Waals surface area contributed by atoms with Gasteiger partial charge in [-0.05, 0) is 45.2 Å². The highest BCUT2D eigenvalue weighted by molar-refractivity contribution is 5.92. The predicted octanol–water partition coefficient (Wildman–Crippen LogP) is 2.62. The van der Waals surface area contributed by atoms with Crippen LogP contribution in [0.3, 0.4) is 0 Å². The molecule has 0 N–H and O–H groups in total. The number of rotatable bonds is 1. The molecule has 0 aromatic carbocycles. The van der Waals surface area contributed by atoms with Crippen molar-refractivity contribution in [2.45, 2.75) is 45.2 Å². The fourth-order valence-electron chi connectivity index (χ4n) is 2.48. The second kappa shape index (κ2) is 4.82. The van der Waals surface area contributed by atoms with E-state index in [1.807, 2.05) is 18.7 Å². The van der Waals surface area contributed by atoms with Crippen LogP contribution in [0.2, 0.25) is 0 Å². The first-order valence-corrected chi connectivity index (χ1v) is 6.05. The van der Waals surface area contributed by atoms with Crippen LogP contribution in [0.5, 0.6) is 0 Å². The van der Waals surface area contributed by atoms with Gasteiger partial charge in [0, 0.05) is 12.1 Å². The van der Waals surface area contributed by atoms with Gasteiger partial charge in [0.05, 0.1) is 0 Å². The Morgan fingerprint density at radius 3 is 2.59 bits per heavy atom. The Bertz CT molecular complexity index is 412. The molecule has 2 atom stereocenters. The van der Waals surface area contributed by atoms with E-state index in [0.717, 1.165) is 19.3 Å². The highest BCUT2D eigenvalue weighted by Crippen LogP contribution is 2.24. The van der Waals surface area contributed by atoms with Crippen LogP contribution in [0, 0.1) is 5.95 Å². The third kappa shape index (κ3) is 2.46. The van der Waals surface area contributed by atoms with E-state index >= 15 is 0 Å². The van der Waals surface area contributed by atoms with Crippen LogP contribution in [0.4, 0.5) is 4.39 Å². The van der Waals surface area contributed by atoms with Gasteiger partial charge in [0.1, 0.15) is 5.69 Å². The number of carbonyl (C=O) groups excluding carboxylic acids is 1. The monoisotopic (exact) mass is 236 g/mol. The zero-order chi connectivity index (χ0) is 12.4. The lowest BCUT2D eigenvalue weighted by Crippen LogP contribution is -2.47. The molecule has 1 aliphatic rings. The maximum absolute atomic E-state index is 13.0. The molecule has 1 fully saturated rings. The van der Waals surface area contributed by atoms with E-state index in [0.29, 0.717) is 0 Å². The predicted molar refractivity (Wildman–Crippen MR) is 63.1 cm³/mol. The smallest absolute Gasteiger partial charge is 0.273 e. The van der Waals surface area contributed by atoms with Crippen LogP contribution in [0.15, 0.2) is 18.2 Å². The molecule has 2 heterocycles. The minimum atomic E-state index is -0.604. The molecule has 0 spiro atoms. The van der Waals surface area contributed by atoms with Gasteiger partial charge in [-0.15, -0.1) is 0 Å². The zero-order valence-electron chi connectivity index (χ0n) is 10.2. The largest absolute Gasteiger partial charge is 0.332 e. The van der Waals surface area contributed by atoms with Crippen molar-refractivity contribution in [3.05, 3.63) is 29.8 Å². The molecule has 1 aromatic rings. The van der Waals surface area contributed by atoms with Crippen LogP contribution in [0.25, 0.3) is 0 Å². The number of pyridine rings is 1. The molecule has 2 rings (SSSR count). The molecule has 1 saturated heterocycles. The molecule has 0 aliphatic carbocycles. The lowest BCUT2D eigenvalue weighted by Gasteiger charge is -2.38. The van der Waals surface area contributed by atoms with Crippen molar-refractivity contribution < 1.29 is 9.18 Å². The van der Waals surface area contributed by atoms with Gasteiger partial charge in [0.2, 0.25) is 5.95 Å². The van der Waals surface area contributed by atoms with E-state index in [4.69, 9.17) is 0 Å². The number of hydrogen-bond donors (Lipinski definition) is 0. The average molecular weight is 236 g/mol. The van der Waals surface area contributed by atoms with E-state index < -0.39 is 5.95 Å². The van der Waals surface area contributed by atoms with Crippen molar-refractivity contribution in [3.8, 4) is 0 Å². The number of halogens is 1. The van der Waals surface area contributed by atoms with E-state index in [1.165, 1.54) is 12.1 Å². The summed E-state index contributed by atoms with van der Waals surface area (Å²) in [6.45, 7) is 4.07. The van der Waals surface area contributed by atoms with Crippen LogP contribution < -0.4 is 0 Å². The molecule has 17 heavy (non-hydrogen) atoms. The minimum Gasteiger partial charge on any atom is -0.332 e. The van der Waals surface area contributed by atoms with E-state index in [-0.39, 0.29) is 23.7 Å². The first-order valence-electron chi connectivity index (χ1n) is 6.05. The number of aromatic nitrogens is 1. The van der Waals surface area contributed by atoms with E-state index in [9.17, 15) is 9.18 Å². The Hall–Kier alpha value is -1.45. The molecule has 0 radical (unpaired) electrons. The molecule has 1 aliphatic heterocycles. The molecule has 3 nitrogen and oxygen atoms in total. The van der Waals surface area contributed by atoms with Gasteiger partial charge in [0.25, 0.3) is 5.91 Å². The summed E-state index contributed by atoms with van der Waals surface area (Å²) < 4.78 is 13.0. The Balaban J connectivity index is 2.24. The number of hydrogen-bond acceptors (Lipinski definition) is 2. The fourth-order valence-corrected chi connectivity index (χ4v) is 2.48. The Morgan fingerprint density at radius 2 is 2.00 bits per heavy atom. The van der Waals surface area contributed by atoms with Gasteiger partial charge >= 0.3 is 0 Å². The van der Waals surface area contributed by atoms with Crippen LogP contribution in [-0.2, 0) is 0 Å². The summed E-state index contributed by atoms with van der Waals surface area (Å²) in [6.07, 6.45) is 3.15. The van der Waals surface area contributed by atoms with Gasteiger partial charge < -0.3 is 4.90 Å². The topological polar surface area (TPSA) is 33.2 Å². The van der Waals surface area contributed by atoms with Crippen LogP contribution in [-0.4, -0.2) is 27.9 Å². The molecule has 0 bridgehead atoms. The van der Waals surface area contributed by atoms with Crippen molar-refractivity contribution in [3.63, 3.8) is 0 Å². The summed E-state index contributed by atoms with van der Waals surface area (Å²) in [4.78, 5) is 17.8. The zero-order valence-corrected chi connectivity index (χ0v) is 10.2. The standard InChI is InChI=1S/C13H17FN2O/c1-9-5-3-6-10(2)16(9)13(17)11-7-4-8-12(14)15-11/h4,7-10H,3,5-6H2,1-2H3/t9-,10+. The molecule has 1 aromatic heterocycles. The summed E-state index contributed by atoms with van der Waals surface area (Å²) in [5, 5.41) is 0. The van der Waals surface area contributed by atoms with Crippen LogP contribution in [0.1, 0.15) is 43.6 Å². The molecule has 1 amide bonds. The van der Waals surface area contributed by atoms with E-state index in [1.54, 1.807) is 6.07 Å². The summed E-state index contributed by atoms with van der Waals surface area (Å²) in [5.74, 6) is -0.766. The van der Waals surface area contributed by atoms with Gasteiger partial charge in [-0.25, -0.2) is 4.98 Å². The Kier molecular flexibility index (Phi) is 3.41. The highest BCUT2D eigenvalue weighted by atomic mass is 19.1. The molecule has 92 valence electrons. The average Bonchev–Trinajstić information content (AvgIpc) is 2.28. The maximum Gasteiger partial charge on any atom is 0.273 e. The molecule has 4 heteroatoms. The highest BCUT2D eigenvalue weighted by Gasteiger charge is 2.30. The second-order valence-electron chi connectivity index (χ2n) is 4.69. The summed E-state index contributed by atoms with van der Waals surface area (Å²) in [7, 11) is 0. The summed E-state index contributed by atoms with van der Waals surface area (Å²) in [5.41, 5.74) is 0.200. The maximum atomic E-state index is 13.0. The van der Waals surface area contributed by atoms with Crippen LogP contribution >= 0.6 is 0 Å². The number of carbonyl (C=O) groups is 1. The molecular weight excluding hydrogens is 219 g/mol.